The van der Waals surface area contributed by atoms with Crippen LogP contribution in [-0.2, 0) is 27.8 Å². The van der Waals surface area contributed by atoms with Crippen molar-refractivity contribution in [3.05, 3.63) is 64.9 Å². The molecular weight excluding hydrogens is 606 g/mol. The lowest BCUT2D eigenvalue weighted by atomic mass is 10.1. The number of benzene rings is 2. The van der Waals surface area contributed by atoms with Gasteiger partial charge in [-0.15, -0.1) is 0 Å². The molecule has 2 fully saturated rings. The maximum atomic E-state index is 13.8. The molecule has 15 heteroatoms. The van der Waals surface area contributed by atoms with Crippen LogP contribution >= 0.6 is 0 Å². The summed E-state index contributed by atoms with van der Waals surface area (Å²) in [5.74, 6) is -2.58. The standard InChI is InChI=1S/C30H36F2N8O4S/c1-37-10-12-39(13-11-37)21-5-6-23(26(17-21)33-30(42)27-4-3-8-38(27)2)29(41)34-28-24-18-40(9-7-25(24)35-36-28)45(43,44)22-15-19(31)14-20(32)16-22/h5-6,14-17,27H,3-4,7-13,18H2,1-2H3,(H,33,42)(H2,34,35,36,41)/t27-/m0/s1. The number of likely N-dealkylation sites (N-methyl/N-ethyl adjacent to an activating group) is 2. The van der Waals surface area contributed by atoms with Gasteiger partial charge in [-0.3, -0.25) is 19.6 Å². The van der Waals surface area contributed by atoms with Crippen molar-refractivity contribution in [3.63, 3.8) is 0 Å². The van der Waals surface area contributed by atoms with E-state index in [0.717, 1.165) is 67.7 Å². The first-order valence-electron chi connectivity index (χ1n) is 14.9. The Hall–Kier alpha value is -3.92. The van der Waals surface area contributed by atoms with Crippen LogP contribution in [-0.4, -0.2) is 104 Å². The topological polar surface area (TPSA) is 134 Å². The number of likely N-dealkylation sites (tertiary alicyclic amines) is 1. The average molecular weight is 643 g/mol. The summed E-state index contributed by atoms with van der Waals surface area (Å²) in [6.07, 6.45) is 1.89. The van der Waals surface area contributed by atoms with Crippen molar-refractivity contribution in [2.75, 3.05) is 68.9 Å². The number of anilines is 3. The summed E-state index contributed by atoms with van der Waals surface area (Å²) in [5, 5.41) is 12.9. The van der Waals surface area contributed by atoms with E-state index in [2.05, 4.69) is 37.7 Å². The molecule has 2 amide bonds. The lowest BCUT2D eigenvalue weighted by molar-refractivity contribution is -0.119. The van der Waals surface area contributed by atoms with Crippen LogP contribution in [0.25, 0.3) is 0 Å². The number of carbonyl (C=O) groups excluding carboxylic acids is 2. The molecule has 240 valence electrons. The molecule has 3 N–H and O–H groups in total. The molecule has 3 aromatic rings. The van der Waals surface area contributed by atoms with Gasteiger partial charge < -0.3 is 20.4 Å². The van der Waals surface area contributed by atoms with Crippen LogP contribution < -0.4 is 15.5 Å². The highest BCUT2D eigenvalue weighted by Gasteiger charge is 2.33. The summed E-state index contributed by atoms with van der Waals surface area (Å²) < 4.78 is 55.3. The first kappa shape index (κ1) is 31.1. The van der Waals surface area contributed by atoms with E-state index in [9.17, 15) is 26.8 Å². The number of amides is 2. The smallest absolute Gasteiger partial charge is 0.258 e. The van der Waals surface area contributed by atoms with Crippen LogP contribution in [0, 0.1) is 11.6 Å². The van der Waals surface area contributed by atoms with Gasteiger partial charge in [0.25, 0.3) is 5.91 Å². The van der Waals surface area contributed by atoms with Gasteiger partial charge in [0, 0.05) is 68.7 Å². The van der Waals surface area contributed by atoms with Gasteiger partial charge in [-0.05, 0) is 63.8 Å². The van der Waals surface area contributed by atoms with E-state index in [1.165, 1.54) is 0 Å². The van der Waals surface area contributed by atoms with Gasteiger partial charge in [-0.1, -0.05) is 0 Å². The monoisotopic (exact) mass is 642 g/mol. The number of nitrogens with one attached hydrogen (secondary N) is 3. The molecule has 0 spiro atoms. The number of nitrogens with zero attached hydrogens (tertiary/aromatic N) is 5. The van der Waals surface area contributed by atoms with E-state index in [-0.39, 0.29) is 42.8 Å². The second-order valence-electron chi connectivity index (χ2n) is 11.8. The molecule has 3 aliphatic rings. The molecule has 6 rings (SSSR count). The van der Waals surface area contributed by atoms with Gasteiger partial charge in [0.15, 0.2) is 5.82 Å². The molecule has 0 radical (unpaired) electrons. The van der Waals surface area contributed by atoms with Crippen LogP contribution in [0.4, 0.5) is 26.0 Å². The summed E-state index contributed by atoms with van der Waals surface area (Å²) in [4.78, 5) is 33.0. The van der Waals surface area contributed by atoms with E-state index >= 15 is 0 Å². The highest BCUT2D eigenvalue weighted by atomic mass is 32.2. The number of halogens is 2. The Kier molecular flexibility index (Phi) is 8.61. The molecule has 0 bridgehead atoms. The highest BCUT2D eigenvalue weighted by molar-refractivity contribution is 7.89. The first-order valence-corrected chi connectivity index (χ1v) is 16.4. The number of aromatic nitrogens is 2. The Morgan fingerprint density at radius 3 is 2.38 bits per heavy atom. The minimum atomic E-state index is -4.24. The van der Waals surface area contributed by atoms with E-state index in [0.29, 0.717) is 23.0 Å². The Balaban J connectivity index is 1.25. The summed E-state index contributed by atoms with van der Waals surface area (Å²) >= 11 is 0. The van der Waals surface area contributed by atoms with Gasteiger partial charge in [-0.2, -0.15) is 9.40 Å². The molecule has 45 heavy (non-hydrogen) atoms. The molecule has 0 unspecified atom stereocenters. The second-order valence-corrected chi connectivity index (χ2v) is 13.8. The molecule has 1 aromatic heterocycles. The Bertz CT molecular complexity index is 1700. The zero-order valence-corrected chi connectivity index (χ0v) is 26.0. The Morgan fingerprint density at radius 1 is 0.956 bits per heavy atom. The maximum Gasteiger partial charge on any atom is 0.258 e. The lowest BCUT2D eigenvalue weighted by Gasteiger charge is -2.34. The predicted molar refractivity (Wildman–Crippen MR) is 165 cm³/mol. The zero-order chi connectivity index (χ0) is 31.9. The minimum absolute atomic E-state index is 0.0581. The van der Waals surface area contributed by atoms with Crippen molar-refractivity contribution < 1.29 is 26.8 Å². The normalized spacial score (nSPS) is 19.8. The molecule has 12 nitrogen and oxygen atoms in total. The Labute approximate surface area is 260 Å². The van der Waals surface area contributed by atoms with Gasteiger partial charge in [0.2, 0.25) is 15.9 Å². The molecule has 0 aliphatic carbocycles. The van der Waals surface area contributed by atoms with Crippen molar-refractivity contribution in [2.45, 2.75) is 36.7 Å². The maximum absolute atomic E-state index is 13.8. The number of rotatable bonds is 7. The SMILES string of the molecule is CN1CCN(c2ccc(C(=O)Nc3n[nH]c4c3CN(S(=O)(=O)c3cc(F)cc(F)c3)CC4)c(NC(=O)[C@@H]3CCCN3C)c2)CC1. The number of H-pyrrole nitrogens is 1. The largest absolute Gasteiger partial charge is 0.369 e. The second kappa shape index (κ2) is 12.5. The van der Waals surface area contributed by atoms with E-state index < -0.39 is 32.5 Å². The third-order valence-electron chi connectivity index (χ3n) is 8.80. The Morgan fingerprint density at radius 2 is 1.69 bits per heavy atom. The quantitative estimate of drug-likeness (QED) is 0.358. The van der Waals surface area contributed by atoms with E-state index in [1.54, 1.807) is 6.07 Å². The third kappa shape index (κ3) is 6.43. The molecule has 0 saturated carbocycles. The van der Waals surface area contributed by atoms with Gasteiger partial charge >= 0.3 is 0 Å². The van der Waals surface area contributed by atoms with Gasteiger partial charge in [0.1, 0.15) is 11.6 Å². The highest BCUT2D eigenvalue weighted by Crippen LogP contribution is 2.31. The van der Waals surface area contributed by atoms with Crippen molar-refractivity contribution in [1.29, 1.82) is 0 Å². The van der Waals surface area contributed by atoms with Crippen molar-refractivity contribution in [1.82, 2.24) is 24.3 Å². The lowest BCUT2D eigenvalue weighted by Crippen LogP contribution is -2.44. The predicted octanol–water partition coefficient (Wildman–Crippen LogP) is 2.47. The molecule has 2 aromatic carbocycles. The summed E-state index contributed by atoms with van der Waals surface area (Å²) in [6.45, 7) is 4.11. The van der Waals surface area contributed by atoms with Gasteiger partial charge in [0.05, 0.1) is 22.2 Å². The number of hydrogen-bond donors (Lipinski definition) is 3. The first-order chi connectivity index (χ1) is 21.5. The van der Waals surface area contributed by atoms with Crippen molar-refractivity contribution >= 4 is 39.0 Å². The van der Waals surface area contributed by atoms with Crippen molar-refractivity contribution in [3.8, 4) is 0 Å². The fourth-order valence-corrected chi connectivity index (χ4v) is 7.58. The summed E-state index contributed by atoms with van der Waals surface area (Å²) in [5.41, 5.74) is 2.58. The van der Waals surface area contributed by atoms with Crippen LogP contribution in [0.3, 0.4) is 0 Å². The number of carbonyl (C=O) groups is 2. The fraction of sp³-hybridized carbons (Fsp3) is 0.433. The third-order valence-corrected chi connectivity index (χ3v) is 10.6. The van der Waals surface area contributed by atoms with E-state index in [4.69, 9.17) is 0 Å². The van der Waals surface area contributed by atoms with Gasteiger partial charge in [-0.25, -0.2) is 17.2 Å². The molecule has 3 aliphatic heterocycles. The summed E-state index contributed by atoms with van der Waals surface area (Å²) in [7, 11) is -0.266. The van der Waals surface area contributed by atoms with E-state index in [1.807, 2.05) is 24.1 Å². The molecule has 1 atom stereocenters. The number of hydrogen-bond acceptors (Lipinski definition) is 8. The number of fused-ring (bicyclic) bond motifs is 1. The molecule has 4 heterocycles. The molecule has 2 saturated heterocycles. The average Bonchev–Trinajstić information content (AvgIpc) is 3.62. The van der Waals surface area contributed by atoms with Crippen LogP contribution in [0.2, 0.25) is 0 Å². The number of sulfonamides is 1. The zero-order valence-electron chi connectivity index (χ0n) is 25.1. The fourth-order valence-electron chi connectivity index (χ4n) is 6.13. The van der Waals surface area contributed by atoms with Crippen molar-refractivity contribution in [2.24, 2.45) is 0 Å². The minimum Gasteiger partial charge on any atom is -0.369 e. The number of piperazine rings is 1. The molecular formula is C30H36F2N8O4S. The van der Waals surface area contributed by atoms with Crippen LogP contribution in [0.15, 0.2) is 41.3 Å². The van der Waals surface area contributed by atoms with Crippen LogP contribution in [0.5, 0.6) is 0 Å². The number of aromatic amines is 1. The summed E-state index contributed by atoms with van der Waals surface area (Å²) in [6, 6.07) is 7.20. The van der Waals surface area contributed by atoms with Crippen LogP contribution in [0.1, 0.15) is 34.5 Å².